The van der Waals surface area contributed by atoms with Crippen LogP contribution >= 0.6 is 12.2 Å². The Labute approximate surface area is 152 Å². The Morgan fingerprint density at radius 2 is 1.72 bits per heavy atom. The molecule has 134 valence electrons. The fraction of sp³-hybridized carbons (Fsp3) is 0.412. The van der Waals surface area contributed by atoms with Crippen LogP contribution in [0, 0.1) is 0 Å². The Morgan fingerprint density at radius 3 is 2.28 bits per heavy atom. The lowest BCUT2D eigenvalue weighted by atomic mass is 10.0. The highest BCUT2D eigenvalue weighted by Crippen LogP contribution is 2.17. The lowest BCUT2D eigenvalue weighted by Gasteiger charge is -2.15. The van der Waals surface area contributed by atoms with E-state index in [2.05, 4.69) is 30.0 Å². The minimum Gasteiger partial charge on any atom is -0.331 e. The van der Waals surface area contributed by atoms with Crippen molar-refractivity contribution >= 4 is 40.7 Å². The molecule has 3 N–H and O–H groups in total. The topological polar surface area (TPSA) is 90.5 Å². The Bertz CT molecular complexity index is 657. The zero-order chi connectivity index (χ0) is 18.4. The number of anilines is 1. The fourth-order valence-corrected chi connectivity index (χ4v) is 2.56. The predicted molar refractivity (Wildman–Crippen MR) is 98.6 cm³/mol. The molecule has 0 atom stereocenters. The average molecular weight is 362 g/mol. The molecule has 1 saturated heterocycles. The molecule has 1 fully saturated rings. The number of benzene rings is 1. The first-order valence-electron chi connectivity index (χ1n) is 8.16. The minimum absolute atomic E-state index is 0.0240. The van der Waals surface area contributed by atoms with Gasteiger partial charge in [0.2, 0.25) is 17.7 Å². The fourth-order valence-electron chi connectivity index (χ4n) is 2.39. The molecule has 1 heterocycles. The van der Waals surface area contributed by atoms with E-state index in [0.717, 1.165) is 10.6 Å². The molecule has 7 nitrogen and oxygen atoms in total. The maximum Gasteiger partial charge on any atom is 0.240 e. The maximum atomic E-state index is 11.8. The highest BCUT2D eigenvalue weighted by Gasteiger charge is 2.28. The van der Waals surface area contributed by atoms with Gasteiger partial charge in [0.15, 0.2) is 5.11 Å². The number of rotatable bonds is 5. The van der Waals surface area contributed by atoms with Crippen LogP contribution in [0.3, 0.4) is 0 Å². The molecule has 0 bridgehead atoms. The first-order chi connectivity index (χ1) is 11.9. The van der Waals surface area contributed by atoms with Crippen molar-refractivity contribution < 1.29 is 14.4 Å². The Balaban J connectivity index is 1.71. The minimum atomic E-state index is -0.355. The predicted octanol–water partition coefficient (Wildman–Crippen LogP) is 1.67. The summed E-state index contributed by atoms with van der Waals surface area (Å²) in [5.74, 6) is -0.361. The highest BCUT2D eigenvalue weighted by atomic mass is 32.1. The monoisotopic (exact) mass is 362 g/mol. The van der Waals surface area contributed by atoms with Crippen molar-refractivity contribution in [1.29, 1.82) is 0 Å². The molecule has 3 amide bonds. The Kier molecular flexibility index (Phi) is 6.46. The van der Waals surface area contributed by atoms with Crippen LogP contribution in [0.5, 0.6) is 0 Å². The number of hydrogen-bond donors (Lipinski definition) is 3. The summed E-state index contributed by atoms with van der Waals surface area (Å²) in [4.78, 5) is 35.8. The Hall–Kier alpha value is -2.48. The third-order valence-electron chi connectivity index (χ3n) is 3.87. The summed E-state index contributed by atoms with van der Waals surface area (Å²) in [6, 6.07) is 7.85. The number of imide groups is 1. The van der Waals surface area contributed by atoms with Gasteiger partial charge in [-0.05, 0) is 35.8 Å². The molecule has 0 spiro atoms. The number of nitrogens with one attached hydrogen (secondary N) is 3. The standard InChI is InChI=1S/C17H22N4O3S/c1-11(2)12-3-5-13(6-4-12)18-17(25)20-19-14(22)9-10-21-15(23)7-8-16(21)24/h3-6,11H,7-10H2,1-2H3,(H,19,22)(H2,18,20,25). The van der Waals surface area contributed by atoms with E-state index in [1.54, 1.807) is 0 Å². The summed E-state index contributed by atoms with van der Waals surface area (Å²) in [7, 11) is 0. The van der Waals surface area contributed by atoms with Crippen molar-refractivity contribution in [3.8, 4) is 0 Å². The molecule has 0 saturated carbocycles. The van der Waals surface area contributed by atoms with Crippen LogP contribution in [0.2, 0.25) is 0 Å². The zero-order valence-corrected chi connectivity index (χ0v) is 15.1. The first-order valence-corrected chi connectivity index (χ1v) is 8.56. The lowest BCUT2D eigenvalue weighted by Crippen LogP contribution is -2.45. The largest absolute Gasteiger partial charge is 0.331 e. The highest BCUT2D eigenvalue weighted by molar-refractivity contribution is 7.80. The van der Waals surface area contributed by atoms with Gasteiger partial charge in [-0.25, -0.2) is 0 Å². The molecular formula is C17H22N4O3S. The first kappa shape index (κ1) is 18.9. The van der Waals surface area contributed by atoms with Crippen LogP contribution in [0.15, 0.2) is 24.3 Å². The summed E-state index contributed by atoms with van der Waals surface area (Å²) in [5, 5.41) is 3.21. The zero-order valence-electron chi connectivity index (χ0n) is 14.3. The second-order valence-electron chi connectivity index (χ2n) is 6.09. The van der Waals surface area contributed by atoms with Crippen LogP contribution < -0.4 is 16.2 Å². The van der Waals surface area contributed by atoms with Crippen LogP contribution in [0.25, 0.3) is 0 Å². The van der Waals surface area contributed by atoms with Crippen LogP contribution in [-0.4, -0.2) is 34.3 Å². The second-order valence-corrected chi connectivity index (χ2v) is 6.50. The van der Waals surface area contributed by atoms with E-state index < -0.39 is 0 Å². The van der Waals surface area contributed by atoms with Crippen molar-refractivity contribution in [2.45, 2.75) is 39.0 Å². The Morgan fingerprint density at radius 1 is 1.12 bits per heavy atom. The van der Waals surface area contributed by atoms with Crippen LogP contribution in [0.4, 0.5) is 5.69 Å². The van der Waals surface area contributed by atoms with E-state index >= 15 is 0 Å². The molecule has 0 aliphatic carbocycles. The summed E-state index contributed by atoms with van der Waals surface area (Å²) in [6.07, 6.45) is 0.473. The molecule has 0 aromatic heterocycles. The molecule has 1 aliphatic rings. The van der Waals surface area contributed by atoms with Gasteiger partial charge in [-0.1, -0.05) is 26.0 Å². The van der Waals surface area contributed by atoms with E-state index in [1.165, 1.54) is 5.56 Å². The average Bonchev–Trinajstić information content (AvgIpc) is 2.90. The number of amides is 3. The smallest absolute Gasteiger partial charge is 0.240 e. The van der Waals surface area contributed by atoms with Gasteiger partial charge in [0.25, 0.3) is 0 Å². The lowest BCUT2D eigenvalue weighted by molar-refractivity contribution is -0.138. The van der Waals surface area contributed by atoms with Crippen molar-refractivity contribution in [1.82, 2.24) is 15.8 Å². The van der Waals surface area contributed by atoms with Crippen molar-refractivity contribution in [3.63, 3.8) is 0 Å². The van der Waals surface area contributed by atoms with Gasteiger partial charge in [0.1, 0.15) is 0 Å². The third kappa shape index (κ3) is 5.53. The number of carbonyl (C=O) groups excluding carboxylic acids is 3. The van der Waals surface area contributed by atoms with E-state index in [-0.39, 0.29) is 48.6 Å². The summed E-state index contributed by atoms with van der Waals surface area (Å²) >= 11 is 5.11. The number of likely N-dealkylation sites (tertiary alicyclic amines) is 1. The van der Waals surface area contributed by atoms with Crippen LogP contribution in [0.1, 0.15) is 44.6 Å². The molecule has 0 radical (unpaired) electrons. The van der Waals surface area contributed by atoms with E-state index in [1.807, 2.05) is 24.3 Å². The molecule has 2 rings (SSSR count). The van der Waals surface area contributed by atoms with Gasteiger partial charge in [-0.15, -0.1) is 0 Å². The summed E-state index contributed by atoms with van der Waals surface area (Å²) in [6.45, 7) is 4.32. The van der Waals surface area contributed by atoms with Crippen LogP contribution in [-0.2, 0) is 14.4 Å². The molecule has 0 unspecified atom stereocenters. The number of hydrazine groups is 1. The number of nitrogens with zero attached hydrogens (tertiary/aromatic N) is 1. The van der Waals surface area contributed by atoms with Gasteiger partial charge in [-0.3, -0.25) is 30.1 Å². The SMILES string of the molecule is CC(C)c1ccc(NC(=S)NNC(=O)CCN2C(=O)CCC2=O)cc1. The van der Waals surface area contributed by atoms with Crippen molar-refractivity contribution in [2.24, 2.45) is 0 Å². The van der Waals surface area contributed by atoms with Gasteiger partial charge in [0, 0.05) is 31.5 Å². The molecule has 1 aliphatic heterocycles. The van der Waals surface area contributed by atoms with Gasteiger partial charge in [0.05, 0.1) is 0 Å². The molecule has 1 aromatic carbocycles. The quantitative estimate of drug-likeness (QED) is 0.419. The van der Waals surface area contributed by atoms with Gasteiger partial charge >= 0.3 is 0 Å². The van der Waals surface area contributed by atoms with Crippen molar-refractivity contribution in [3.05, 3.63) is 29.8 Å². The molecular weight excluding hydrogens is 340 g/mol. The molecule has 1 aromatic rings. The number of thiocarbonyl (C=S) groups is 1. The summed E-state index contributed by atoms with van der Waals surface area (Å²) in [5.41, 5.74) is 7.08. The van der Waals surface area contributed by atoms with E-state index in [4.69, 9.17) is 12.2 Å². The normalized spacial score (nSPS) is 14.0. The molecule has 8 heteroatoms. The van der Waals surface area contributed by atoms with Crippen molar-refractivity contribution in [2.75, 3.05) is 11.9 Å². The van der Waals surface area contributed by atoms with E-state index in [9.17, 15) is 14.4 Å². The van der Waals surface area contributed by atoms with E-state index in [0.29, 0.717) is 5.92 Å². The van der Waals surface area contributed by atoms with Gasteiger partial charge < -0.3 is 5.32 Å². The van der Waals surface area contributed by atoms with Gasteiger partial charge in [-0.2, -0.15) is 0 Å². The summed E-state index contributed by atoms with van der Waals surface area (Å²) < 4.78 is 0. The molecule has 25 heavy (non-hydrogen) atoms. The third-order valence-corrected chi connectivity index (χ3v) is 4.07. The number of carbonyl (C=O) groups is 3. The number of hydrogen-bond acceptors (Lipinski definition) is 4. The second kappa shape index (κ2) is 8.57. The maximum absolute atomic E-state index is 11.8.